The highest BCUT2D eigenvalue weighted by molar-refractivity contribution is 7.92. The Balaban J connectivity index is 2.41. The number of aliphatic hydroxyl groups excluding tert-OH is 1. The topological polar surface area (TPSA) is 66.4 Å². The molecule has 0 aliphatic rings. The van der Waals surface area contributed by atoms with Gasteiger partial charge in [0.2, 0.25) is 0 Å². The Hall–Kier alpha value is -1.99. The van der Waals surface area contributed by atoms with Gasteiger partial charge in [0.05, 0.1) is 12.3 Å². The van der Waals surface area contributed by atoms with Crippen molar-refractivity contribution in [1.82, 2.24) is 0 Å². The van der Waals surface area contributed by atoms with Crippen molar-refractivity contribution in [2.45, 2.75) is 18.4 Å². The first-order valence-electron chi connectivity index (χ1n) is 6.02. The third kappa shape index (κ3) is 3.37. The molecule has 0 aliphatic heterocycles. The van der Waals surface area contributed by atoms with E-state index in [1.165, 1.54) is 18.2 Å². The lowest BCUT2D eigenvalue weighted by Crippen LogP contribution is -2.15. The maximum Gasteiger partial charge on any atom is 0.264 e. The van der Waals surface area contributed by atoms with E-state index in [1.54, 1.807) is 6.92 Å². The Labute approximate surface area is 121 Å². The Kier molecular flexibility index (Phi) is 4.24. The van der Waals surface area contributed by atoms with Crippen LogP contribution in [0.15, 0.2) is 41.3 Å². The quantitative estimate of drug-likeness (QED) is 0.911. The molecule has 0 heterocycles. The van der Waals surface area contributed by atoms with Crippen molar-refractivity contribution in [3.63, 3.8) is 0 Å². The van der Waals surface area contributed by atoms with Gasteiger partial charge in [-0.1, -0.05) is 12.1 Å². The molecule has 0 aliphatic carbocycles. The predicted molar refractivity (Wildman–Crippen MR) is 74.3 cm³/mol. The van der Waals surface area contributed by atoms with Gasteiger partial charge in [-0.25, -0.2) is 17.2 Å². The lowest BCUT2D eigenvalue weighted by Gasteiger charge is -2.11. The first-order valence-corrected chi connectivity index (χ1v) is 7.50. The van der Waals surface area contributed by atoms with Crippen molar-refractivity contribution < 1.29 is 22.3 Å². The fraction of sp³-hybridized carbons (Fsp3) is 0.143. The van der Waals surface area contributed by atoms with Crippen LogP contribution >= 0.6 is 0 Å². The lowest BCUT2D eigenvalue weighted by molar-refractivity contribution is 0.281. The number of aryl methyl sites for hydroxylation is 1. The minimum absolute atomic E-state index is 0.244. The van der Waals surface area contributed by atoms with Gasteiger partial charge in [0, 0.05) is 0 Å². The summed E-state index contributed by atoms with van der Waals surface area (Å²) < 4.78 is 53.6. The summed E-state index contributed by atoms with van der Waals surface area (Å²) in [4.78, 5) is -0.611. The summed E-state index contributed by atoms with van der Waals surface area (Å²) in [6.45, 7) is 1.27. The van der Waals surface area contributed by atoms with E-state index in [2.05, 4.69) is 0 Å². The van der Waals surface area contributed by atoms with Crippen LogP contribution in [0.5, 0.6) is 0 Å². The lowest BCUT2D eigenvalue weighted by atomic mass is 10.2. The molecule has 0 radical (unpaired) electrons. The largest absolute Gasteiger partial charge is 0.392 e. The van der Waals surface area contributed by atoms with Crippen molar-refractivity contribution in [2.75, 3.05) is 4.72 Å². The summed E-state index contributed by atoms with van der Waals surface area (Å²) in [6.07, 6.45) is 0. The molecule has 0 saturated heterocycles. The zero-order valence-corrected chi connectivity index (χ0v) is 11.9. The predicted octanol–water partition coefficient (Wildman–Crippen LogP) is 2.57. The van der Waals surface area contributed by atoms with Crippen molar-refractivity contribution in [3.05, 3.63) is 59.2 Å². The zero-order chi connectivity index (χ0) is 15.6. The summed E-state index contributed by atoms with van der Waals surface area (Å²) in [6, 6.07) is 7.15. The van der Waals surface area contributed by atoms with Crippen LogP contribution in [0.3, 0.4) is 0 Å². The van der Waals surface area contributed by atoms with Crippen LogP contribution < -0.4 is 4.72 Å². The SMILES string of the molecule is Cc1ccc(F)c(NS(=O)(=O)c2ccc(CO)cc2F)c1. The third-order valence-corrected chi connectivity index (χ3v) is 4.23. The normalized spacial score (nSPS) is 11.4. The number of rotatable bonds is 4. The molecule has 0 saturated carbocycles. The van der Waals surface area contributed by atoms with Crippen LogP contribution in [0.25, 0.3) is 0 Å². The van der Waals surface area contributed by atoms with E-state index in [-0.39, 0.29) is 11.3 Å². The first-order chi connectivity index (χ1) is 9.83. The molecule has 2 aromatic rings. The second-order valence-electron chi connectivity index (χ2n) is 4.51. The van der Waals surface area contributed by atoms with Crippen LogP contribution in [-0.2, 0) is 16.6 Å². The Morgan fingerprint density at radius 1 is 1.10 bits per heavy atom. The molecule has 0 bridgehead atoms. The van der Waals surface area contributed by atoms with Crippen molar-refractivity contribution in [2.24, 2.45) is 0 Å². The molecule has 0 amide bonds. The van der Waals surface area contributed by atoms with Gasteiger partial charge in [-0.2, -0.15) is 0 Å². The standard InChI is InChI=1S/C14H13F2NO3S/c1-9-2-4-11(15)13(6-9)17-21(19,20)14-5-3-10(8-18)7-12(14)16/h2-7,17-18H,8H2,1H3. The Morgan fingerprint density at radius 3 is 2.43 bits per heavy atom. The van der Waals surface area contributed by atoms with E-state index in [1.807, 2.05) is 4.72 Å². The summed E-state index contributed by atoms with van der Waals surface area (Å²) in [5.74, 6) is -1.77. The van der Waals surface area contributed by atoms with Gasteiger partial charge in [0.25, 0.3) is 10.0 Å². The van der Waals surface area contributed by atoms with E-state index in [4.69, 9.17) is 5.11 Å². The van der Waals surface area contributed by atoms with Crippen molar-refractivity contribution >= 4 is 15.7 Å². The van der Waals surface area contributed by atoms with Crippen LogP contribution in [0.1, 0.15) is 11.1 Å². The number of nitrogens with one attached hydrogen (secondary N) is 1. The van der Waals surface area contributed by atoms with E-state index < -0.39 is 33.2 Å². The number of aliphatic hydroxyl groups is 1. The number of hydrogen-bond donors (Lipinski definition) is 2. The molecular formula is C14H13F2NO3S. The second-order valence-corrected chi connectivity index (χ2v) is 6.16. The van der Waals surface area contributed by atoms with Crippen LogP contribution in [0.2, 0.25) is 0 Å². The maximum absolute atomic E-state index is 13.8. The molecule has 0 unspecified atom stereocenters. The van der Waals surface area contributed by atoms with Gasteiger partial charge < -0.3 is 5.11 Å². The number of anilines is 1. The number of sulfonamides is 1. The molecule has 0 atom stereocenters. The highest BCUT2D eigenvalue weighted by atomic mass is 32.2. The van der Waals surface area contributed by atoms with Gasteiger partial charge in [-0.3, -0.25) is 4.72 Å². The molecular weight excluding hydrogens is 300 g/mol. The smallest absolute Gasteiger partial charge is 0.264 e. The summed E-state index contributed by atoms with van der Waals surface area (Å²) in [5, 5.41) is 8.88. The van der Waals surface area contributed by atoms with Gasteiger partial charge in [0.15, 0.2) is 0 Å². The highest BCUT2D eigenvalue weighted by Crippen LogP contribution is 2.22. The molecule has 2 N–H and O–H groups in total. The zero-order valence-electron chi connectivity index (χ0n) is 11.1. The average molecular weight is 313 g/mol. The van der Waals surface area contributed by atoms with Crippen LogP contribution in [-0.4, -0.2) is 13.5 Å². The molecule has 0 fully saturated rings. The molecule has 7 heteroatoms. The van der Waals surface area contributed by atoms with Crippen molar-refractivity contribution in [1.29, 1.82) is 0 Å². The highest BCUT2D eigenvalue weighted by Gasteiger charge is 2.20. The fourth-order valence-electron chi connectivity index (χ4n) is 1.78. The Bertz CT molecular complexity index is 776. The van der Waals surface area contributed by atoms with Crippen LogP contribution in [0, 0.1) is 18.6 Å². The molecule has 112 valence electrons. The monoisotopic (exact) mass is 313 g/mol. The number of benzene rings is 2. The number of halogens is 2. The van der Waals surface area contributed by atoms with Crippen molar-refractivity contribution in [3.8, 4) is 0 Å². The second kappa shape index (κ2) is 5.79. The minimum atomic E-state index is -4.25. The molecule has 21 heavy (non-hydrogen) atoms. The van der Waals surface area contributed by atoms with Gasteiger partial charge in [-0.15, -0.1) is 0 Å². The van der Waals surface area contributed by atoms with Gasteiger partial charge in [-0.05, 0) is 42.3 Å². The molecule has 0 aromatic heterocycles. The molecule has 0 spiro atoms. The Morgan fingerprint density at radius 2 is 1.81 bits per heavy atom. The molecule has 2 aromatic carbocycles. The average Bonchev–Trinajstić information content (AvgIpc) is 2.42. The minimum Gasteiger partial charge on any atom is -0.392 e. The first kappa shape index (κ1) is 15.4. The summed E-state index contributed by atoms with van der Waals surface area (Å²) in [7, 11) is -4.25. The molecule has 4 nitrogen and oxygen atoms in total. The van der Waals surface area contributed by atoms with E-state index in [9.17, 15) is 17.2 Å². The van der Waals surface area contributed by atoms with E-state index in [0.29, 0.717) is 5.56 Å². The fourth-order valence-corrected chi connectivity index (χ4v) is 2.90. The van der Waals surface area contributed by atoms with E-state index in [0.717, 1.165) is 18.2 Å². The number of hydrogen-bond acceptors (Lipinski definition) is 3. The summed E-state index contributed by atoms with van der Waals surface area (Å²) >= 11 is 0. The third-order valence-electron chi connectivity index (χ3n) is 2.83. The van der Waals surface area contributed by atoms with Crippen LogP contribution in [0.4, 0.5) is 14.5 Å². The van der Waals surface area contributed by atoms with Gasteiger partial charge in [0.1, 0.15) is 16.5 Å². The van der Waals surface area contributed by atoms with Gasteiger partial charge >= 0.3 is 0 Å². The summed E-state index contributed by atoms with van der Waals surface area (Å²) in [5.41, 5.74) is 0.652. The molecule has 2 rings (SSSR count). The van der Waals surface area contributed by atoms with E-state index >= 15 is 0 Å². The maximum atomic E-state index is 13.8.